The van der Waals surface area contributed by atoms with Crippen LogP contribution in [-0.2, 0) is 7.05 Å². The maximum Gasteiger partial charge on any atom is 0.573 e. The van der Waals surface area contributed by atoms with Gasteiger partial charge in [0.1, 0.15) is 5.75 Å². The molecule has 4 rings (SSSR count). The summed E-state index contributed by atoms with van der Waals surface area (Å²) in [5.74, 6) is -1.52. The fraction of sp³-hybridized carbons (Fsp3) is 0.250. The normalized spacial score (nSPS) is 13.9. The predicted molar refractivity (Wildman–Crippen MR) is 99.5 cm³/mol. The summed E-state index contributed by atoms with van der Waals surface area (Å²) in [6.07, 6.45) is -0.672. The van der Waals surface area contributed by atoms with Crippen LogP contribution in [0.25, 0.3) is 11.3 Å². The minimum atomic E-state index is -4.87. The number of nitrogens with one attached hydrogen (secondary N) is 1. The number of benzene rings is 1. The molecule has 1 aromatic carbocycles. The van der Waals surface area contributed by atoms with Gasteiger partial charge in [-0.3, -0.25) is 14.5 Å². The Morgan fingerprint density at radius 2 is 2.00 bits per heavy atom. The molecule has 1 N–H and O–H groups in total. The smallest absolute Gasteiger partial charge is 0.405 e. The summed E-state index contributed by atoms with van der Waals surface area (Å²) in [5, 5.41) is 6.44. The average Bonchev–Trinajstić information content (AvgIpc) is 3.45. The number of halogens is 4. The lowest BCUT2D eigenvalue weighted by atomic mass is 10.0. The average molecular weight is 420 g/mol. The first-order chi connectivity index (χ1) is 14.2. The predicted octanol–water partition coefficient (Wildman–Crippen LogP) is 4.65. The molecule has 10 heteroatoms. The Balaban J connectivity index is 1.69. The number of carbonyl (C=O) groups excluding carboxylic acids is 1. The molecule has 0 radical (unpaired) electrons. The van der Waals surface area contributed by atoms with Crippen molar-refractivity contribution in [3.63, 3.8) is 0 Å². The van der Waals surface area contributed by atoms with Gasteiger partial charge in [-0.25, -0.2) is 4.39 Å². The second-order valence-electron chi connectivity index (χ2n) is 6.93. The fourth-order valence-electron chi connectivity index (χ4n) is 3.13. The number of pyridine rings is 1. The van der Waals surface area contributed by atoms with Crippen molar-refractivity contribution in [1.29, 1.82) is 0 Å². The molecular formula is C20H16F4N4O2. The molecular weight excluding hydrogens is 404 g/mol. The van der Waals surface area contributed by atoms with Gasteiger partial charge in [0.25, 0.3) is 5.91 Å². The second kappa shape index (κ2) is 7.43. The van der Waals surface area contributed by atoms with Gasteiger partial charge >= 0.3 is 6.36 Å². The third-order valence-electron chi connectivity index (χ3n) is 4.69. The summed E-state index contributed by atoms with van der Waals surface area (Å²) in [4.78, 5) is 16.1. The lowest BCUT2D eigenvalue weighted by molar-refractivity contribution is -0.274. The van der Waals surface area contributed by atoms with Crippen molar-refractivity contribution < 1.29 is 27.1 Å². The van der Waals surface area contributed by atoms with E-state index in [-0.39, 0.29) is 28.4 Å². The molecule has 156 valence electrons. The molecule has 30 heavy (non-hydrogen) atoms. The van der Waals surface area contributed by atoms with Crippen LogP contribution in [0.15, 0.2) is 42.7 Å². The first-order valence-electron chi connectivity index (χ1n) is 9.06. The lowest BCUT2D eigenvalue weighted by Crippen LogP contribution is -2.18. The van der Waals surface area contributed by atoms with Crippen LogP contribution in [0.5, 0.6) is 5.75 Å². The molecule has 1 aliphatic carbocycles. The number of nitrogens with zero attached hydrogens (tertiary/aromatic N) is 3. The number of ether oxygens (including phenoxy) is 1. The van der Waals surface area contributed by atoms with Gasteiger partial charge < -0.3 is 10.1 Å². The zero-order chi connectivity index (χ0) is 21.5. The molecule has 2 aromatic heterocycles. The molecule has 1 amide bonds. The monoisotopic (exact) mass is 420 g/mol. The van der Waals surface area contributed by atoms with E-state index in [9.17, 15) is 22.4 Å². The Bertz CT molecular complexity index is 1110. The molecule has 0 aliphatic heterocycles. The number of alkyl halides is 3. The lowest BCUT2D eigenvalue weighted by Gasteiger charge is -2.14. The molecule has 6 nitrogen and oxygen atoms in total. The van der Waals surface area contributed by atoms with Crippen molar-refractivity contribution in [2.45, 2.75) is 25.1 Å². The molecule has 0 spiro atoms. The van der Waals surface area contributed by atoms with Gasteiger partial charge in [-0.05, 0) is 48.6 Å². The number of hydrogen-bond acceptors (Lipinski definition) is 4. The third-order valence-corrected chi connectivity index (χ3v) is 4.69. The summed E-state index contributed by atoms with van der Waals surface area (Å²) in [6.45, 7) is 0. The minimum Gasteiger partial charge on any atom is -0.405 e. The van der Waals surface area contributed by atoms with Crippen molar-refractivity contribution >= 4 is 11.6 Å². The molecule has 0 bridgehead atoms. The highest BCUT2D eigenvalue weighted by Gasteiger charge is 2.33. The zero-order valence-corrected chi connectivity index (χ0v) is 15.7. The summed E-state index contributed by atoms with van der Waals surface area (Å²) in [7, 11) is 1.50. The number of anilines is 1. The van der Waals surface area contributed by atoms with Crippen LogP contribution in [0.3, 0.4) is 0 Å². The molecule has 0 unspecified atom stereocenters. The van der Waals surface area contributed by atoms with Gasteiger partial charge in [-0.1, -0.05) is 6.07 Å². The number of hydrogen-bond donors (Lipinski definition) is 1. The summed E-state index contributed by atoms with van der Waals surface area (Å²) < 4.78 is 57.8. The Hall–Kier alpha value is -3.43. The minimum absolute atomic E-state index is 0.0842. The Kier molecular flexibility index (Phi) is 4.92. The van der Waals surface area contributed by atoms with Crippen LogP contribution in [0.1, 0.15) is 34.8 Å². The molecule has 0 atom stereocenters. The Morgan fingerprint density at radius 3 is 2.67 bits per heavy atom. The summed E-state index contributed by atoms with van der Waals surface area (Å²) in [6, 6.07) is 7.13. The van der Waals surface area contributed by atoms with Crippen LogP contribution >= 0.6 is 0 Å². The van der Waals surface area contributed by atoms with E-state index in [0.717, 1.165) is 24.6 Å². The molecule has 0 saturated heterocycles. The van der Waals surface area contributed by atoms with Gasteiger partial charge in [0.15, 0.2) is 11.5 Å². The number of aromatic nitrogens is 3. The maximum absolute atomic E-state index is 13.7. The van der Waals surface area contributed by atoms with Crippen LogP contribution in [0, 0.1) is 5.82 Å². The van der Waals surface area contributed by atoms with Gasteiger partial charge in [0.2, 0.25) is 0 Å². The molecule has 2 heterocycles. The van der Waals surface area contributed by atoms with Crippen LogP contribution < -0.4 is 10.1 Å². The fourth-order valence-corrected chi connectivity index (χ4v) is 3.13. The maximum atomic E-state index is 13.7. The van der Waals surface area contributed by atoms with E-state index in [4.69, 9.17) is 0 Å². The van der Waals surface area contributed by atoms with Crippen LogP contribution in [-0.4, -0.2) is 27.0 Å². The second-order valence-corrected chi connectivity index (χ2v) is 6.93. The first kappa shape index (κ1) is 19.9. The SMILES string of the molecule is Cn1nc(C(=O)Nc2ccncc2F)cc1-c1cc(C2CC2)ccc1OC(F)(F)F. The standard InChI is InChI=1S/C20H16F4N4O2/c1-28-17(9-16(27-28)19(29)26-15-6-7-25-10-14(15)21)13-8-12(11-2-3-11)4-5-18(13)30-20(22,23)24/h4-11H,2-3H2,1H3,(H,25,26,29). The molecule has 1 fully saturated rings. The van der Waals surface area contributed by atoms with Crippen molar-refractivity contribution in [1.82, 2.24) is 14.8 Å². The topological polar surface area (TPSA) is 69.0 Å². The van der Waals surface area contributed by atoms with E-state index < -0.39 is 18.1 Å². The van der Waals surface area contributed by atoms with Crippen molar-refractivity contribution in [2.75, 3.05) is 5.32 Å². The van der Waals surface area contributed by atoms with E-state index in [0.29, 0.717) is 5.92 Å². The summed E-state index contributed by atoms with van der Waals surface area (Å²) >= 11 is 0. The number of aryl methyl sites for hydroxylation is 1. The largest absolute Gasteiger partial charge is 0.573 e. The van der Waals surface area contributed by atoms with E-state index >= 15 is 0 Å². The Labute approximate surface area is 168 Å². The summed E-state index contributed by atoms with van der Waals surface area (Å²) in [5.41, 5.74) is 1.15. The van der Waals surface area contributed by atoms with E-state index in [2.05, 4.69) is 20.1 Å². The third kappa shape index (κ3) is 4.27. The highest BCUT2D eigenvalue weighted by atomic mass is 19.4. The molecule has 3 aromatic rings. The van der Waals surface area contributed by atoms with Crippen molar-refractivity contribution in [3.05, 3.63) is 59.8 Å². The van der Waals surface area contributed by atoms with Gasteiger partial charge in [-0.15, -0.1) is 13.2 Å². The highest BCUT2D eigenvalue weighted by Crippen LogP contribution is 2.44. The van der Waals surface area contributed by atoms with Crippen molar-refractivity contribution in [3.8, 4) is 17.0 Å². The molecule has 1 aliphatic rings. The Morgan fingerprint density at radius 1 is 1.23 bits per heavy atom. The molecule has 1 saturated carbocycles. The van der Waals surface area contributed by atoms with Crippen LogP contribution in [0.2, 0.25) is 0 Å². The van der Waals surface area contributed by atoms with E-state index in [1.807, 2.05) is 0 Å². The quantitative estimate of drug-likeness (QED) is 0.610. The first-order valence-corrected chi connectivity index (χ1v) is 9.06. The number of amides is 1. The number of carbonyl (C=O) groups is 1. The highest BCUT2D eigenvalue weighted by molar-refractivity contribution is 6.03. The number of rotatable bonds is 5. The van der Waals surface area contributed by atoms with E-state index in [1.54, 1.807) is 12.1 Å². The van der Waals surface area contributed by atoms with Gasteiger partial charge in [0, 0.05) is 18.8 Å². The van der Waals surface area contributed by atoms with Crippen molar-refractivity contribution in [2.24, 2.45) is 7.05 Å². The van der Waals surface area contributed by atoms with Gasteiger partial charge in [0.05, 0.1) is 17.6 Å². The van der Waals surface area contributed by atoms with E-state index in [1.165, 1.54) is 36.1 Å². The van der Waals surface area contributed by atoms with Gasteiger partial charge in [-0.2, -0.15) is 5.10 Å². The van der Waals surface area contributed by atoms with Crippen LogP contribution in [0.4, 0.5) is 23.2 Å². The zero-order valence-electron chi connectivity index (χ0n) is 15.7.